The number of Topliss-reactive ketones (excluding diaryl/α,β-unsaturated/α-hetero) is 1. The van der Waals surface area contributed by atoms with Gasteiger partial charge in [-0.25, -0.2) is 0 Å². The van der Waals surface area contributed by atoms with Crippen molar-refractivity contribution in [1.82, 2.24) is 4.98 Å². The van der Waals surface area contributed by atoms with Crippen molar-refractivity contribution in [3.63, 3.8) is 0 Å². The normalized spacial score (nSPS) is 11.4. The predicted molar refractivity (Wildman–Crippen MR) is 95.1 cm³/mol. The van der Waals surface area contributed by atoms with Crippen molar-refractivity contribution >= 4 is 38.7 Å². The second-order valence-electron chi connectivity index (χ2n) is 5.22. The molecule has 3 aromatic rings. The quantitative estimate of drug-likeness (QED) is 0.402. The number of nitrogens with zero attached hydrogens (tertiary/aromatic N) is 1. The van der Waals surface area contributed by atoms with Gasteiger partial charge in [0.25, 0.3) is 0 Å². The maximum absolute atomic E-state index is 12.8. The van der Waals surface area contributed by atoms with Crippen LogP contribution in [0.2, 0.25) is 0 Å². The van der Waals surface area contributed by atoms with E-state index in [-0.39, 0.29) is 11.4 Å². The summed E-state index contributed by atoms with van der Waals surface area (Å²) in [6.07, 6.45) is 1.62. The van der Waals surface area contributed by atoms with Gasteiger partial charge in [-0.1, -0.05) is 46.3 Å². The standard InChI is InChI=1S/C19H13BrN2O/c1-12-18(16-7-2-3-8-17(16)22-12)19(23)14(11-21)9-13-5-4-6-15(20)10-13/h2-10,22H,1H3. The number of allylic oxidation sites excluding steroid dienone is 1. The van der Waals surface area contributed by atoms with E-state index in [2.05, 4.69) is 20.9 Å². The molecular formula is C19H13BrN2O. The van der Waals surface area contributed by atoms with E-state index in [1.54, 1.807) is 6.08 Å². The maximum Gasteiger partial charge on any atom is 0.205 e. The summed E-state index contributed by atoms with van der Waals surface area (Å²) in [7, 11) is 0. The second-order valence-corrected chi connectivity index (χ2v) is 6.14. The number of nitriles is 1. The molecule has 0 saturated heterocycles. The fourth-order valence-electron chi connectivity index (χ4n) is 2.62. The summed E-state index contributed by atoms with van der Waals surface area (Å²) in [5.74, 6) is -0.262. The highest BCUT2D eigenvalue weighted by molar-refractivity contribution is 9.10. The molecule has 0 atom stereocenters. The number of para-hydroxylation sites is 1. The van der Waals surface area contributed by atoms with E-state index in [1.807, 2.05) is 61.5 Å². The Morgan fingerprint density at radius 1 is 1.22 bits per heavy atom. The monoisotopic (exact) mass is 364 g/mol. The molecule has 0 saturated carbocycles. The van der Waals surface area contributed by atoms with Gasteiger partial charge < -0.3 is 4.98 Å². The molecule has 1 N–H and O–H groups in total. The summed E-state index contributed by atoms with van der Waals surface area (Å²) in [5, 5.41) is 10.3. The zero-order chi connectivity index (χ0) is 16.4. The third-order valence-electron chi connectivity index (χ3n) is 3.65. The van der Waals surface area contributed by atoms with Gasteiger partial charge in [-0.05, 0) is 36.8 Å². The molecule has 23 heavy (non-hydrogen) atoms. The van der Waals surface area contributed by atoms with Crippen molar-refractivity contribution in [2.45, 2.75) is 6.92 Å². The van der Waals surface area contributed by atoms with E-state index in [0.717, 1.165) is 26.6 Å². The van der Waals surface area contributed by atoms with Gasteiger partial charge in [0.2, 0.25) is 5.78 Å². The molecular weight excluding hydrogens is 352 g/mol. The fraction of sp³-hybridized carbons (Fsp3) is 0.0526. The fourth-order valence-corrected chi connectivity index (χ4v) is 3.03. The molecule has 0 bridgehead atoms. The van der Waals surface area contributed by atoms with Crippen LogP contribution in [0.15, 0.2) is 58.6 Å². The Labute approximate surface area is 142 Å². The molecule has 0 aliphatic rings. The first-order valence-corrected chi connectivity index (χ1v) is 7.89. The number of H-pyrrole nitrogens is 1. The third kappa shape index (κ3) is 2.96. The van der Waals surface area contributed by atoms with Crippen molar-refractivity contribution in [2.75, 3.05) is 0 Å². The molecule has 0 unspecified atom stereocenters. The average Bonchev–Trinajstić information content (AvgIpc) is 2.87. The number of rotatable bonds is 3. The summed E-state index contributed by atoms with van der Waals surface area (Å²) >= 11 is 3.39. The number of carbonyl (C=O) groups excluding carboxylic acids is 1. The van der Waals surface area contributed by atoms with Crippen molar-refractivity contribution in [3.8, 4) is 6.07 Å². The highest BCUT2D eigenvalue weighted by Gasteiger charge is 2.19. The summed E-state index contributed by atoms with van der Waals surface area (Å²) in [6.45, 7) is 1.85. The van der Waals surface area contributed by atoms with Crippen molar-refractivity contribution < 1.29 is 4.79 Å². The van der Waals surface area contributed by atoms with Gasteiger partial charge in [-0.15, -0.1) is 0 Å². The Morgan fingerprint density at radius 2 is 2.00 bits per heavy atom. The number of aromatic amines is 1. The summed E-state index contributed by atoms with van der Waals surface area (Å²) in [4.78, 5) is 16.0. The highest BCUT2D eigenvalue weighted by Crippen LogP contribution is 2.25. The maximum atomic E-state index is 12.8. The van der Waals surface area contributed by atoms with Crippen molar-refractivity contribution in [3.05, 3.63) is 75.4 Å². The van der Waals surface area contributed by atoms with Crippen molar-refractivity contribution in [1.29, 1.82) is 5.26 Å². The van der Waals surface area contributed by atoms with E-state index in [1.165, 1.54) is 0 Å². The van der Waals surface area contributed by atoms with Crippen LogP contribution >= 0.6 is 15.9 Å². The van der Waals surface area contributed by atoms with Gasteiger partial charge in [0.1, 0.15) is 11.6 Å². The molecule has 4 heteroatoms. The van der Waals surface area contributed by atoms with Gasteiger partial charge in [0.15, 0.2) is 0 Å². The number of hydrogen-bond donors (Lipinski definition) is 1. The Hall–Kier alpha value is -2.64. The molecule has 0 fully saturated rings. The van der Waals surface area contributed by atoms with Crippen LogP contribution in [0.1, 0.15) is 21.6 Å². The molecule has 0 radical (unpaired) electrons. The van der Waals surface area contributed by atoms with Gasteiger partial charge in [-0.3, -0.25) is 4.79 Å². The molecule has 1 heterocycles. The van der Waals surface area contributed by atoms with Gasteiger partial charge >= 0.3 is 0 Å². The molecule has 3 nitrogen and oxygen atoms in total. The lowest BCUT2D eigenvalue weighted by Crippen LogP contribution is -2.03. The van der Waals surface area contributed by atoms with Crippen LogP contribution in [0.5, 0.6) is 0 Å². The topological polar surface area (TPSA) is 56.6 Å². The minimum Gasteiger partial charge on any atom is -0.358 e. The van der Waals surface area contributed by atoms with Crippen LogP contribution in [-0.2, 0) is 0 Å². The minimum absolute atomic E-state index is 0.121. The van der Waals surface area contributed by atoms with Gasteiger partial charge in [-0.2, -0.15) is 5.26 Å². The number of halogens is 1. The number of ketones is 1. The number of aryl methyl sites for hydroxylation is 1. The molecule has 0 aliphatic heterocycles. The van der Waals surface area contributed by atoms with Crippen LogP contribution in [0.25, 0.3) is 17.0 Å². The number of benzene rings is 2. The van der Waals surface area contributed by atoms with Crippen LogP contribution in [0, 0.1) is 18.3 Å². The number of hydrogen-bond acceptors (Lipinski definition) is 2. The first-order chi connectivity index (χ1) is 11.1. The lowest BCUT2D eigenvalue weighted by atomic mass is 9.99. The minimum atomic E-state index is -0.262. The first-order valence-electron chi connectivity index (χ1n) is 7.09. The summed E-state index contributed by atoms with van der Waals surface area (Å²) in [6, 6.07) is 17.1. The SMILES string of the molecule is Cc1[nH]c2ccccc2c1C(=O)C(C#N)=Cc1cccc(Br)c1. The second kappa shape index (κ2) is 6.23. The molecule has 112 valence electrons. The first kappa shape index (κ1) is 15.3. The summed E-state index contributed by atoms with van der Waals surface area (Å²) < 4.78 is 0.902. The highest BCUT2D eigenvalue weighted by atomic mass is 79.9. The van der Waals surface area contributed by atoms with Crippen LogP contribution in [-0.4, -0.2) is 10.8 Å². The Morgan fingerprint density at radius 3 is 2.74 bits per heavy atom. The van der Waals surface area contributed by atoms with E-state index in [9.17, 15) is 10.1 Å². The average molecular weight is 365 g/mol. The number of carbonyl (C=O) groups is 1. The van der Waals surface area contributed by atoms with Crippen molar-refractivity contribution in [2.24, 2.45) is 0 Å². The van der Waals surface area contributed by atoms with Gasteiger partial charge in [0, 0.05) is 21.1 Å². The lowest BCUT2D eigenvalue weighted by molar-refractivity contribution is 0.104. The largest absolute Gasteiger partial charge is 0.358 e. The van der Waals surface area contributed by atoms with E-state index in [4.69, 9.17) is 0 Å². The molecule has 3 rings (SSSR count). The summed E-state index contributed by atoms with van der Waals surface area (Å²) in [5.41, 5.74) is 3.15. The number of fused-ring (bicyclic) bond motifs is 1. The van der Waals surface area contributed by atoms with E-state index >= 15 is 0 Å². The van der Waals surface area contributed by atoms with Crippen LogP contribution in [0.3, 0.4) is 0 Å². The molecule has 0 amide bonds. The lowest BCUT2D eigenvalue weighted by Gasteiger charge is -2.01. The Balaban J connectivity index is 2.10. The third-order valence-corrected chi connectivity index (χ3v) is 4.14. The number of aromatic nitrogens is 1. The zero-order valence-electron chi connectivity index (χ0n) is 12.4. The number of nitrogens with one attached hydrogen (secondary N) is 1. The van der Waals surface area contributed by atoms with Crippen LogP contribution < -0.4 is 0 Å². The van der Waals surface area contributed by atoms with E-state index < -0.39 is 0 Å². The molecule has 0 spiro atoms. The van der Waals surface area contributed by atoms with Gasteiger partial charge in [0.05, 0.1) is 5.56 Å². The van der Waals surface area contributed by atoms with E-state index in [0.29, 0.717) is 5.56 Å². The molecule has 1 aromatic heterocycles. The van der Waals surface area contributed by atoms with Crippen LogP contribution in [0.4, 0.5) is 0 Å². The zero-order valence-corrected chi connectivity index (χ0v) is 14.0. The molecule has 0 aliphatic carbocycles. The Kier molecular flexibility index (Phi) is 4.14. The molecule has 2 aromatic carbocycles. The smallest absolute Gasteiger partial charge is 0.205 e. The predicted octanol–water partition coefficient (Wildman–Crippen LogP) is 5.03. The Bertz CT molecular complexity index is 976.